The summed E-state index contributed by atoms with van der Waals surface area (Å²) in [6, 6.07) is 6.43. The number of urea groups is 1. The van der Waals surface area contributed by atoms with E-state index in [-0.39, 0.29) is 11.6 Å². The summed E-state index contributed by atoms with van der Waals surface area (Å²) in [7, 11) is 0. The largest absolute Gasteiger partial charge is 0.478 e. The molecule has 1 fully saturated rings. The molecule has 108 valence electrons. The van der Waals surface area contributed by atoms with E-state index >= 15 is 0 Å². The molecule has 0 unspecified atom stereocenters. The van der Waals surface area contributed by atoms with E-state index in [1.807, 2.05) is 11.8 Å². The Morgan fingerprint density at radius 2 is 1.85 bits per heavy atom. The molecule has 2 amide bonds. The predicted octanol–water partition coefficient (Wildman–Crippen LogP) is 3.18. The van der Waals surface area contributed by atoms with E-state index in [4.69, 9.17) is 5.11 Å². The molecule has 2 rings (SSSR count). The fraction of sp³-hybridized carbons (Fsp3) is 0.467. The second-order valence-electron chi connectivity index (χ2n) is 5.04. The Hall–Kier alpha value is -2.04. The lowest BCUT2D eigenvalue weighted by molar-refractivity contribution is 0.0697. The first kappa shape index (κ1) is 14.4. The Labute approximate surface area is 118 Å². The number of hydrogen-bond donors (Lipinski definition) is 2. The number of anilines is 1. The average Bonchev–Trinajstić information content (AvgIpc) is 2.94. The molecular weight excluding hydrogens is 256 g/mol. The van der Waals surface area contributed by atoms with Crippen molar-refractivity contribution in [1.29, 1.82) is 0 Å². The lowest BCUT2D eigenvalue weighted by Gasteiger charge is -2.27. The number of carbonyl (C=O) groups is 2. The monoisotopic (exact) mass is 276 g/mol. The van der Waals surface area contributed by atoms with Crippen LogP contribution in [-0.2, 0) is 0 Å². The molecule has 0 spiro atoms. The van der Waals surface area contributed by atoms with E-state index in [1.54, 1.807) is 12.1 Å². The lowest BCUT2D eigenvalue weighted by Crippen LogP contribution is -2.41. The number of carboxylic acid groups (broad SMARTS) is 1. The topological polar surface area (TPSA) is 69.6 Å². The summed E-state index contributed by atoms with van der Waals surface area (Å²) in [5.74, 6) is -0.969. The minimum atomic E-state index is -0.969. The molecule has 0 aromatic heterocycles. The molecular formula is C15H20N2O3. The lowest BCUT2D eigenvalue weighted by atomic mass is 10.2. The first-order valence-corrected chi connectivity index (χ1v) is 7.02. The number of nitrogens with one attached hydrogen (secondary N) is 1. The van der Waals surface area contributed by atoms with Gasteiger partial charge in [0.05, 0.1) is 5.56 Å². The van der Waals surface area contributed by atoms with Crippen LogP contribution in [0.4, 0.5) is 10.5 Å². The number of amides is 2. The van der Waals surface area contributed by atoms with Gasteiger partial charge in [0.25, 0.3) is 0 Å². The van der Waals surface area contributed by atoms with Crippen LogP contribution in [0.1, 0.15) is 43.0 Å². The third-order valence-corrected chi connectivity index (χ3v) is 3.75. The third-order valence-electron chi connectivity index (χ3n) is 3.75. The Bertz CT molecular complexity index is 478. The Kier molecular flexibility index (Phi) is 4.61. The van der Waals surface area contributed by atoms with Crippen molar-refractivity contribution in [3.05, 3.63) is 29.8 Å². The van der Waals surface area contributed by atoms with Gasteiger partial charge in [-0.3, -0.25) is 0 Å². The van der Waals surface area contributed by atoms with Crippen molar-refractivity contribution in [2.24, 2.45) is 0 Å². The zero-order valence-electron chi connectivity index (χ0n) is 11.6. The van der Waals surface area contributed by atoms with E-state index < -0.39 is 5.97 Å². The van der Waals surface area contributed by atoms with E-state index in [2.05, 4.69) is 5.32 Å². The van der Waals surface area contributed by atoms with Crippen LogP contribution in [0.2, 0.25) is 0 Å². The van der Waals surface area contributed by atoms with Gasteiger partial charge in [0.2, 0.25) is 0 Å². The van der Waals surface area contributed by atoms with Gasteiger partial charge in [-0.05, 0) is 44.0 Å². The molecule has 20 heavy (non-hydrogen) atoms. The number of benzene rings is 1. The molecule has 1 aliphatic rings. The van der Waals surface area contributed by atoms with Crippen LogP contribution in [0.3, 0.4) is 0 Å². The van der Waals surface area contributed by atoms with Crippen LogP contribution in [0.15, 0.2) is 24.3 Å². The molecule has 0 saturated heterocycles. The maximum absolute atomic E-state index is 12.2. The highest BCUT2D eigenvalue weighted by molar-refractivity contribution is 5.91. The van der Waals surface area contributed by atoms with Crippen molar-refractivity contribution >= 4 is 17.7 Å². The molecule has 0 aliphatic heterocycles. The highest BCUT2D eigenvalue weighted by atomic mass is 16.4. The second kappa shape index (κ2) is 6.41. The molecule has 1 aromatic rings. The van der Waals surface area contributed by atoms with Crippen molar-refractivity contribution < 1.29 is 14.7 Å². The van der Waals surface area contributed by atoms with E-state index in [9.17, 15) is 9.59 Å². The van der Waals surface area contributed by atoms with Gasteiger partial charge >= 0.3 is 12.0 Å². The highest BCUT2D eigenvalue weighted by Crippen LogP contribution is 2.24. The minimum Gasteiger partial charge on any atom is -0.478 e. The fourth-order valence-electron chi connectivity index (χ4n) is 2.67. The van der Waals surface area contributed by atoms with Gasteiger partial charge in [0.1, 0.15) is 0 Å². The van der Waals surface area contributed by atoms with Crippen molar-refractivity contribution in [2.45, 2.75) is 38.6 Å². The minimum absolute atomic E-state index is 0.109. The number of rotatable bonds is 4. The summed E-state index contributed by atoms with van der Waals surface area (Å²) in [5.41, 5.74) is 0.836. The maximum atomic E-state index is 12.2. The molecule has 2 N–H and O–H groups in total. The van der Waals surface area contributed by atoms with Crippen molar-refractivity contribution in [1.82, 2.24) is 4.90 Å². The first-order valence-electron chi connectivity index (χ1n) is 7.02. The predicted molar refractivity (Wildman–Crippen MR) is 77.1 cm³/mol. The molecule has 0 heterocycles. The fourth-order valence-corrected chi connectivity index (χ4v) is 2.67. The molecule has 0 atom stereocenters. The molecule has 5 heteroatoms. The Balaban J connectivity index is 2.00. The summed E-state index contributed by atoms with van der Waals surface area (Å²) in [6.45, 7) is 2.66. The number of nitrogens with zero attached hydrogens (tertiary/aromatic N) is 1. The number of carbonyl (C=O) groups excluding carboxylic acids is 1. The summed E-state index contributed by atoms with van der Waals surface area (Å²) >= 11 is 0. The SMILES string of the molecule is CCN(C(=O)Nc1ccc(C(=O)O)cc1)C1CCCC1. The number of aromatic carboxylic acids is 1. The van der Waals surface area contributed by atoms with Gasteiger partial charge in [0, 0.05) is 18.3 Å². The van der Waals surface area contributed by atoms with Crippen LogP contribution in [-0.4, -0.2) is 34.6 Å². The van der Waals surface area contributed by atoms with Gasteiger partial charge in [-0.2, -0.15) is 0 Å². The summed E-state index contributed by atoms with van der Waals surface area (Å²) in [5, 5.41) is 11.7. The summed E-state index contributed by atoms with van der Waals surface area (Å²) in [4.78, 5) is 24.9. The van der Waals surface area contributed by atoms with E-state index in [0.717, 1.165) is 12.8 Å². The third kappa shape index (κ3) is 3.29. The summed E-state index contributed by atoms with van der Waals surface area (Å²) in [6.07, 6.45) is 4.50. The van der Waals surface area contributed by atoms with Crippen LogP contribution >= 0.6 is 0 Å². The van der Waals surface area contributed by atoms with Gasteiger partial charge in [-0.1, -0.05) is 12.8 Å². The van der Waals surface area contributed by atoms with Crippen LogP contribution in [0.25, 0.3) is 0 Å². The van der Waals surface area contributed by atoms with Crippen LogP contribution in [0.5, 0.6) is 0 Å². The number of carboxylic acids is 1. The number of hydrogen-bond acceptors (Lipinski definition) is 2. The first-order chi connectivity index (χ1) is 9.61. The highest BCUT2D eigenvalue weighted by Gasteiger charge is 2.25. The van der Waals surface area contributed by atoms with Gasteiger partial charge in [-0.15, -0.1) is 0 Å². The van der Waals surface area contributed by atoms with Gasteiger partial charge in [0.15, 0.2) is 0 Å². The maximum Gasteiger partial charge on any atom is 0.335 e. The van der Waals surface area contributed by atoms with Crippen LogP contribution < -0.4 is 5.32 Å². The molecule has 1 aliphatic carbocycles. The van der Waals surface area contributed by atoms with Crippen molar-refractivity contribution in [2.75, 3.05) is 11.9 Å². The Morgan fingerprint density at radius 1 is 1.25 bits per heavy atom. The molecule has 1 saturated carbocycles. The standard InChI is InChI=1S/C15H20N2O3/c1-2-17(13-5-3-4-6-13)15(20)16-12-9-7-11(8-10-12)14(18)19/h7-10,13H,2-6H2,1H3,(H,16,20)(H,18,19). The van der Waals surface area contributed by atoms with E-state index in [1.165, 1.54) is 25.0 Å². The zero-order chi connectivity index (χ0) is 14.5. The Morgan fingerprint density at radius 3 is 2.35 bits per heavy atom. The molecule has 0 bridgehead atoms. The molecule has 5 nitrogen and oxygen atoms in total. The molecule has 1 aromatic carbocycles. The van der Waals surface area contributed by atoms with Gasteiger partial charge < -0.3 is 15.3 Å². The smallest absolute Gasteiger partial charge is 0.335 e. The van der Waals surface area contributed by atoms with Crippen molar-refractivity contribution in [3.8, 4) is 0 Å². The van der Waals surface area contributed by atoms with Crippen molar-refractivity contribution in [3.63, 3.8) is 0 Å². The van der Waals surface area contributed by atoms with Gasteiger partial charge in [-0.25, -0.2) is 9.59 Å². The van der Waals surface area contributed by atoms with E-state index in [0.29, 0.717) is 18.3 Å². The second-order valence-corrected chi connectivity index (χ2v) is 5.04. The summed E-state index contributed by atoms with van der Waals surface area (Å²) < 4.78 is 0. The average molecular weight is 276 g/mol. The van der Waals surface area contributed by atoms with Crippen LogP contribution in [0, 0.1) is 0 Å². The molecule has 0 radical (unpaired) electrons. The quantitative estimate of drug-likeness (QED) is 0.887. The normalized spacial score (nSPS) is 15.1. The zero-order valence-corrected chi connectivity index (χ0v) is 11.6.